The van der Waals surface area contributed by atoms with E-state index in [-0.39, 0.29) is 5.91 Å². The van der Waals surface area contributed by atoms with Crippen LogP contribution in [0, 0.1) is 17.2 Å². The van der Waals surface area contributed by atoms with Gasteiger partial charge in [0.05, 0.1) is 36.1 Å². The highest BCUT2D eigenvalue weighted by Gasteiger charge is 2.26. The molecule has 5 rings (SSSR count). The zero-order chi connectivity index (χ0) is 24.2. The first-order valence-electron chi connectivity index (χ1n) is 12.2. The molecule has 0 saturated carbocycles. The number of piperazine rings is 1. The molecule has 2 aliphatic rings. The van der Waals surface area contributed by atoms with Crippen LogP contribution in [0.15, 0.2) is 48.7 Å². The number of hydrogen-bond donors (Lipinski definition) is 0. The van der Waals surface area contributed by atoms with E-state index in [4.69, 9.17) is 19.7 Å². The molecular formula is C28H30N4O3. The smallest absolute Gasteiger partial charge is 0.222 e. The third kappa shape index (κ3) is 4.80. The molecule has 7 heteroatoms. The van der Waals surface area contributed by atoms with Crippen LogP contribution in [-0.2, 0) is 9.53 Å². The van der Waals surface area contributed by atoms with E-state index >= 15 is 0 Å². The minimum Gasteiger partial charge on any atom is -0.494 e. The topological polar surface area (TPSA) is 78.7 Å². The van der Waals surface area contributed by atoms with E-state index in [1.54, 1.807) is 7.11 Å². The molecule has 3 aromatic rings. The lowest BCUT2D eigenvalue weighted by Crippen LogP contribution is -2.49. The molecule has 2 aromatic carbocycles. The number of ether oxygens (including phenoxy) is 2. The second-order valence-corrected chi connectivity index (χ2v) is 9.20. The van der Waals surface area contributed by atoms with Crippen LogP contribution in [0.4, 0.5) is 5.69 Å². The van der Waals surface area contributed by atoms with Crippen molar-refractivity contribution >= 4 is 22.5 Å². The van der Waals surface area contributed by atoms with Crippen molar-refractivity contribution in [3.05, 3.63) is 54.2 Å². The van der Waals surface area contributed by atoms with Gasteiger partial charge in [0.2, 0.25) is 5.91 Å². The maximum Gasteiger partial charge on any atom is 0.222 e. The van der Waals surface area contributed by atoms with Gasteiger partial charge >= 0.3 is 0 Å². The largest absolute Gasteiger partial charge is 0.494 e. The normalized spacial score (nSPS) is 16.8. The number of rotatable bonds is 5. The van der Waals surface area contributed by atoms with Gasteiger partial charge in [-0.1, -0.05) is 24.3 Å². The number of carbonyl (C=O) groups excluding carboxylic acids is 1. The SMILES string of the molecule is COc1c(N2CCN(C(=O)CC3CCOCC3)CC2)cnc2c(-c3ccc(C#N)cc3)cccc12. The molecule has 7 nitrogen and oxygen atoms in total. The predicted octanol–water partition coefficient (Wildman–Crippen LogP) is 4.25. The number of pyridine rings is 1. The third-order valence-electron chi connectivity index (χ3n) is 7.14. The zero-order valence-electron chi connectivity index (χ0n) is 20.1. The number of aromatic nitrogens is 1. The Kier molecular flexibility index (Phi) is 6.82. The van der Waals surface area contributed by atoms with Crippen LogP contribution in [0.3, 0.4) is 0 Å². The highest BCUT2D eigenvalue weighted by molar-refractivity contribution is 5.99. The number of anilines is 1. The number of hydrogen-bond acceptors (Lipinski definition) is 6. The fourth-order valence-electron chi connectivity index (χ4n) is 5.11. The molecule has 2 fully saturated rings. The van der Waals surface area contributed by atoms with Crippen LogP contribution in [0.25, 0.3) is 22.0 Å². The number of nitriles is 1. The summed E-state index contributed by atoms with van der Waals surface area (Å²) in [5, 5.41) is 10.1. The molecule has 0 atom stereocenters. The summed E-state index contributed by atoms with van der Waals surface area (Å²) in [4.78, 5) is 21.9. The Balaban J connectivity index is 1.34. The average Bonchev–Trinajstić information content (AvgIpc) is 2.92. The first-order valence-corrected chi connectivity index (χ1v) is 12.2. The van der Waals surface area contributed by atoms with Crippen LogP contribution in [-0.4, -0.2) is 62.3 Å². The summed E-state index contributed by atoms with van der Waals surface area (Å²) in [6.45, 7) is 4.44. The van der Waals surface area contributed by atoms with Crippen LogP contribution in [0.1, 0.15) is 24.8 Å². The molecule has 180 valence electrons. The van der Waals surface area contributed by atoms with Crippen molar-refractivity contribution < 1.29 is 14.3 Å². The summed E-state index contributed by atoms with van der Waals surface area (Å²) in [6, 6.07) is 15.8. The molecule has 1 amide bonds. The summed E-state index contributed by atoms with van der Waals surface area (Å²) < 4.78 is 11.3. The zero-order valence-corrected chi connectivity index (χ0v) is 20.1. The van der Waals surface area contributed by atoms with E-state index in [2.05, 4.69) is 11.0 Å². The van der Waals surface area contributed by atoms with Crippen molar-refractivity contribution in [1.82, 2.24) is 9.88 Å². The summed E-state index contributed by atoms with van der Waals surface area (Å²) >= 11 is 0. The maximum absolute atomic E-state index is 12.8. The van der Waals surface area contributed by atoms with E-state index < -0.39 is 0 Å². The van der Waals surface area contributed by atoms with Gasteiger partial charge in [-0.25, -0.2) is 0 Å². The van der Waals surface area contributed by atoms with Gasteiger partial charge in [0, 0.05) is 56.8 Å². The Bertz CT molecular complexity index is 1240. The molecule has 0 unspecified atom stereocenters. The minimum atomic E-state index is 0.257. The first kappa shape index (κ1) is 23.1. The second-order valence-electron chi connectivity index (χ2n) is 9.20. The van der Waals surface area contributed by atoms with Crippen LogP contribution in [0.2, 0.25) is 0 Å². The van der Waals surface area contributed by atoms with Crippen LogP contribution < -0.4 is 9.64 Å². The van der Waals surface area contributed by atoms with E-state index in [9.17, 15) is 4.79 Å². The van der Waals surface area contributed by atoms with Crippen LogP contribution in [0.5, 0.6) is 5.75 Å². The van der Waals surface area contributed by atoms with Gasteiger partial charge in [0.25, 0.3) is 0 Å². The Labute approximate surface area is 205 Å². The molecule has 0 aliphatic carbocycles. The van der Waals surface area contributed by atoms with E-state index in [0.717, 1.165) is 72.6 Å². The fourth-order valence-corrected chi connectivity index (χ4v) is 5.11. The Morgan fingerprint density at radius 1 is 1.11 bits per heavy atom. The number of nitrogens with zero attached hydrogens (tertiary/aromatic N) is 4. The number of fused-ring (bicyclic) bond motifs is 1. The Hall–Kier alpha value is -3.63. The molecule has 0 N–H and O–H groups in total. The van der Waals surface area contributed by atoms with Crippen molar-refractivity contribution in [1.29, 1.82) is 5.26 Å². The molecule has 35 heavy (non-hydrogen) atoms. The molecule has 2 saturated heterocycles. The lowest BCUT2D eigenvalue weighted by atomic mass is 9.96. The first-order chi connectivity index (χ1) is 17.2. The van der Waals surface area contributed by atoms with Gasteiger partial charge in [-0.2, -0.15) is 5.26 Å². The van der Waals surface area contributed by atoms with E-state index in [0.29, 0.717) is 31.0 Å². The van der Waals surface area contributed by atoms with Crippen LogP contribution >= 0.6 is 0 Å². The fraction of sp³-hybridized carbons (Fsp3) is 0.393. The number of benzene rings is 2. The second kappa shape index (κ2) is 10.3. The monoisotopic (exact) mass is 470 g/mol. The Morgan fingerprint density at radius 3 is 2.54 bits per heavy atom. The highest BCUT2D eigenvalue weighted by Crippen LogP contribution is 2.39. The van der Waals surface area contributed by atoms with Crippen molar-refractivity contribution in [2.75, 3.05) is 51.4 Å². The third-order valence-corrected chi connectivity index (χ3v) is 7.14. The van der Waals surface area contributed by atoms with Gasteiger partial charge < -0.3 is 19.3 Å². The molecule has 2 aliphatic heterocycles. The van der Waals surface area contributed by atoms with Crippen molar-refractivity contribution in [2.45, 2.75) is 19.3 Å². The lowest BCUT2D eigenvalue weighted by molar-refractivity contribution is -0.133. The van der Waals surface area contributed by atoms with Gasteiger partial charge in [0.15, 0.2) is 5.75 Å². The predicted molar refractivity (Wildman–Crippen MR) is 135 cm³/mol. The highest BCUT2D eigenvalue weighted by atomic mass is 16.5. The summed E-state index contributed by atoms with van der Waals surface area (Å²) in [6.07, 6.45) is 4.47. The van der Waals surface area contributed by atoms with Crippen molar-refractivity contribution in [2.24, 2.45) is 5.92 Å². The maximum atomic E-state index is 12.8. The van der Waals surface area contributed by atoms with Crippen molar-refractivity contribution in [3.63, 3.8) is 0 Å². The number of methoxy groups -OCH3 is 1. The molecular weight excluding hydrogens is 440 g/mol. The molecule has 0 radical (unpaired) electrons. The van der Waals surface area contributed by atoms with Crippen molar-refractivity contribution in [3.8, 4) is 22.9 Å². The molecule has 0 bridgehead atoms. The van der Waals surface area contributed by atoms with E-state index in [1.165, 1.54) is 0 Å². The minimum absolute atomic E-state index is 0.257. The average molecular weight is 471 g/mol. The quantitative estimate of drug-likeness (QED) is 0.555. The summed E-state index contributed by atoms with van der Waals surface area (Å²) in [5.74, 6) is 1.50. The van der Waals surface area contributed by atoms with E-state index in [1.807, 2.05) is 53.6 Å². The molecule has 3 heterocycles. The Morgan fingerprint density at radius 2 is 1.86 bits per heavy atom. The summed E-state index contributed by atoms with van der Waals surface area (Å²) in [7, 11) is 1.69. The summed E-state index contributed by atoms with van der Waals surface area (Å²) in [5.41, 5.74) is 4.46. The van der Waals surface area contributed by atoms with Gasteiger partial charge in [-0.3, -0.25) is 9.78 Å². The van der Waals surface area contributed by atoms with Gasteiger partial charge in [-0.15, -0.1) is 0 Å². The lowest BCUT2D eigenvalue weighted by Gasteiger charge is -2.37. The number of carbonyl (C=O) groups is 1. The van der Waals surface area contributed by atoms with Gasteiger partial charge in [-0.05, 0) is 42.5 Å². The standard InChI is InChI=1S/C28H30N4O3/c1-34-28-24-4-2-3-23(22-7-5-21(18-29)6-8-22)27(24)30-19-25(28)31-11-13-32(14-12-31)26(33)17-20-9-15-35-16-10-20/h2-8,19-20H,9-17H2,1H3. The number of amides is 1. The molecule has 0 spiro atoms. The molecule has 1 aromatic heterocycles. The number of para-hydroxylation sites is 1. The van der Waals surface area contributed by atoms with Gasteiger partial charge in [0.1, 0.15) is 0 Å².